The van der Waals surface area contributed by atoms with Gasteiger partial charge in [-0.15, -0.1) is 0 Å². The topological polar surface area (TPSA) is 29.5 Å². The van der Waals surface area contributed by atoms with Gasteiger partial charge in [0.15, 0.2) is 0 Å². The van der Waals surface area contributed by atoms with Gasteiger partial charge in [0, 0.05) is 25.4 Å². The Labute approximate surface area is 137 Å². The molecule has 1 aliphatic heterocycles. The number of fused-ring (bicyclic) bond motifs is 1. The van der Waals surface area contributed by atoms with E-state index in [2.05, 4.69) is 30.8 Å². The van der Waals surface area contributed by atoms with Gasteiger partial charge in [0.05, 0.1) is 0 Å². The van der Waals surface area contributed by atoms with E-state index < -0.39 is 0 Å². The van der Waals surface area contributed by atoms with Crippen molar-refractivity contribution in [3.8, 4) is 5.75 Å². The maximum atomic E-state index is 11.5. The zero-order valence-corrected chi connectivity index (χ0v) is 13.6. The lowest BCUT2D eigenvalue weighted by atomic mass is 9.87. The number of rotatable bonds is 4. The van der Waals surface area contributed by atoms with Gasteiger partial charge in [0.2, 0.25) is 5.91 Å². The predicted molar refractivity (Wildman–Crippen MR) is 93.9 cm³/mol. The summed E-state index contributed by atoms with van der Waals surface area (Å²) in [7, 11) is 0. The van der Waals surface area contributed by atoms with Crippen LogP contribution in [0.3, 0.4) is 0 Å². The van der Waals surface area contributed by atoms with Crippen LogP contribution in [0.4, 0.5) is 0 Å². The second kappa shape index (κ2) is 6.86. The molecule has 0 radical (unpaired) electrons. The van der Waals surface area contributed by atoms with Crippen LogP contribution in [-0.4, -0.2) is 30.5 Å². The van der Waals surface area contributed by atoms with Gasteiger partial charge in [-0.05, 0) is 29.7 Å². The summed E-state index contributed by atoms with van der Waals surface area (Å²) in [6.45, 7) is 7.57. The first-order valence-corrected chi connectivity index (χ1v) is 8.21. The molecule has 2 aromatic carbocycles. The quantitative estimate of drug-likeness (QED) is 0.795. The molecule has 23 heavy (non-hydrogen) atoms. The SMILES string of the molecule is C=CCOc1c(C2CCN(C(C)=O)CC2)ccc2ccccc12. The fraction of sp³-hybridized carbons (Fsp3) is 0.350. The monoisotopic (exact) mass is 309 g/mol. The number of benzene rings is 2. The Kier molecular flexibility index (Phi) is 4.65. The van der Waals surface area contributed by atoms with Crippen LogP contribution in [0.25, 0.3) is 10.8 Å². The summed E-state index contributed by atoms with van der Waals surface area (Å²) in [5.41, 5.74) is 1.26. The first-order valence-electron chi connectivity index (χ1n) is 8.21. The first kappa shape index (κ1) is 15.6. The molecule has 1 aliphatic rings. The van der Waals surface area contributed by atoms with Crippen LogP contribution < -0.4 is 4.74 Å². The number of hydrogen-bond acceptors (Lipinski definition) is 2. The Morgan fingerprint density at radius 1 is 1.26 bits per heavy atom. The average Bonchev–Trinajstić information content (AvgIpc) is 2.59. The van der Waals surface area contributed by atoms with E-state index in [-0.39, 0.29) is 5.91 Å². The van der Waals surface area contributed by atoms with E-state index in [0.717, 1.165) is 37.1 Å². The zero-order chi connectivity index (χ0) is 16.2. The molecule has 120 valence electrons. The van der Waals surface area contributed by atoms with Crippen LogP contribution in [-0.2, 0) is 4.79 Å². The Morgan fingerprint density at radius 2 is 2.00 bits per heavy atom. The lowest BCUT2D eigenvalue weighted by molar-refractivity contribution is -0.129. The van der Waals surface area contributed by atoms with Crippen LogP contribution >= 0.6 is 0 Å². The molecule has 0 unspecified atom stereocenters. The lowest BCUT2D eigenvalue weighted by Gasteiger charge is -2.32. The van der Waals surface area contributed by atoms with E-state index in [1.54, 1.807) is 13.0 Å². The van der Waals surface area contributed by atoms with E-state index in [1.165, 1.54) is 10.9 Å². The van der Waals surface area contributed by atoms with Gasteiger partial charge in [-0.1, -0.05) is 49.1 Å². The minimum Gasteiger partial charge on any atom is -0.489 e. The van der Waals surface area contributed by atoms with Crippen molar-refractivity contribution >= 4 is 16.7 Å². The highest BCUT2D eigenvalue weighted by molar-refractivity contribution is 5.89. The van der Waals surface area contributed by atoms with Crippen molar-refractivity contribution in [2.24, 2.45) is 0 Å². The summed E-state index contributed by atoms with van der Waals surface area (Å²) >= 11 is 0. The third-order valence-electron chi connectivity index (χ3n) is 4.64. The minimum atomic E-state index is 0.171. The number of nitrogens with zero attached hydrogens (tertiary/aromatic N) is 1. The number of likely N-dealkylation sites (tertiary alicyclic amines) is 1. The average molecular weight is 309 g/mol. The highest BCUT2D eigenvalue weighted by atomic mass is 16.5. The van der Waals surface area contributed by atoms with Crippen molar-refractivity contribution in [3.05, 3.63) is 54.6 Å². The second-order valence-electron chi connectivity index (χ2n) is 6.09. The van der Waals surface area contributed by atoms with Crippen LogP contribution in [0.5, 0.6) is 5.75 Å². The highest BCUT2D eigenvalue weighted by Crippen LogP contribution is 2.39. The van der Waals surface area contributed by atoms with E-state index in [4.69, 9.17) is 4.74 Å². The molecule has 1 amide bonds. The molecule has 0 aliphatic carbocycles. The Balaban J connectivity index is 1.93. The molecule has 1 saturated heterocycles. The van der Waals surface area contributed by atoms with Gasteiger partial charge in [-0.3, -0.25) is 4.79 Å². The van der Waals surface area contributed by atoms with Gasteiger partial charge >= 0.3 is 0 Å². The number of carbonyl (C=O) groups excluding carboxylic acids is 1. The summed E-state index contributed by atoms with van der Waals surface area (Å²) in [4.78, 5) is 13.4. The molecule has 0 N–H and O–H groups in total. The standard InChI is InChI=1S/C20H23NO2/c1-3-14-23-20-18-7-5-4-6-16(18)8-9-19(20)17-10-12-21(13-11-17)15(2)22/h3-9,17H,1,10-14H2,2H3. The Hall–Kier alpha value is -2.29. The van der Waals surface area contributed by atoms with Crippen molar-refractivity contribution in [2.45, 2.75) is 25.7 Å². The molecule has 1 heterocycles. The second-order valence-corrected chi connectivity index (χ2v) is 6.09. The van der Waals surface area contributed by atoms with Gasteiger partial charge in [0.1, 0.15) is 12.4 Å². The normalized spacial score (nSPS) is 15.6. The lowest BCUT2D eigenvalue weighted by Crippen LogP contribution is -2.36. The fourth-order valence-corrected chi connectivity index (χ4v) is 3.39. The number of carbonyl (C=O) groups is 1. The van der Waals surface area contributed by atoms with Crippen LogP contribution in [0.15, 0.2) is 49.1 Å². The summed E-state index contributed by atoms with van der Waals surface area (Å²) in [5.74, 6) is 1.59. The number of piperidine rings is 1. The van der Waals surface area contributed by atoms with Crippen molar-refractivity contribution in [2.75, 3.05) is 19.7 Å². The third kappa shape index (κ3) is 3.24. The molecule has 1 fully saturated rings. The maximum absolute atomic E-state index is 11.5. The van der Waals surface area contributed by atoms with E-state index in [9.17, 15) is 4.79 Å². The highest BCUT2D eigenvalue weighted by Gasteiger charge is 2.25. The molecular weight excluding hydrogens is 286 g/mol. The molecule has 0 aromatic heterocycles. The molecule has 0 bridgehead atoms. The smallest absolute Gasteiger partial charge is 0.219 e. The third-order valence-corrected chi connectivity index (χ3v) is 4.64. The van der Waals surface area contributed by atoms with Crippen molar-refractivity contribution in [1.29, 1.82) is 0 Å². The van der Waals surface area contributed by atoms with Gasteiger partial charge in [0.25, 0.3) is 0 Å². The largest absolute Gasteiger partial charge is 0.489 e. The summed E-state index contributed by atoms with van der Waals surface area (Å²) in [6.07, 6.45) is 3.76. The van der Waals surface area contributed by atoms with Gasteiger partial charge < -0.3 is 9.64 Å². The molecule has 3 rings (SSSR count). The molecule has 3 heteroatoms. The van der Waals surface area contributed by atoms with Crippen LogP contribution in [0.1, 0.15) is 31.2 Å². The minimum absolute atomic E-state index is 0.171. The van der Waals surface area contributed by atoms with E-state index in [1.807, 2.05) is 17.0 Å². The van der Waals surface area contributed by atoms with E-state index >= 15 is 0 Å². The molecule has 0 atom stereocenters. The number of amides is 1. The van der Waals surface area contributed by atoms with E-state index in [0.29, 0.717) is 12.5 Å². The van der Waals surface area contributed by atoms with Crippen LogP contribution in [0.2, 0.25) is 0 Å². The number of ether oxygens (including phenoxy) is 1. The van der Waals surface area contributed by atoms with Gasteiger partial charge in [-0.25, -0.2) is 0 Å². The Morgan fingerprint density at radius 3 is 2.70 bits per heavy atom. The van der Waals surface area contributed by atoms with Gasteiger partial charge in [-0.2, -0.15) is 0 Å². The zero-order valence-electron chi connectivity index (χ0n) is 13.6. The first-order chi connectivity index (χ1) is 11.2. The maximum Gasteiger partial charge on any atom is 0.219 e. The summed E-state index contributed by atoms with van der Waals surface area (Å²) in [5, 5.41) is 2.34. The molecule has 2 aromatic rings. The fourth-order valence-electron chi connectivity index (χ4n) is 3.39. The van der Waals surface area contributed by atoms with Crippen molar-refractivity contribution < 1.29 is 9.53 Å². The van der Waals surface area contributed by atoms with Crippen molar-refractivity contribution in [1.82, 2.24) is 4.90 Å². The molecule has 3 nitrogen and oxygen atoms in total. The van der Waals surface area contributed by atoms with Crippen LogP contribution in [0, 0.1) is 0 Å². The molecule has 0 saturated carbocycles. The predicted octanol–water partition coefficient (Wildman–Crippen LogP) is 4.13. The summed E-state index contributed by atoms with van der Waals surface area (Å²) < 4.78 is 6.03. The summed E-state index contributed by atoms with van der Waals surface area (Å²) in [6, 6.07) is 12.7. The molecular formula is C20H23NO2. The molecule has 0 spiro atoms. The van der Waals surface area contributed by atoms with Crippen molar-refractivity contribution in [3.63, 3.8) is 0 Å². The Bertz CT molecular complexity index is 715. The number of hydrogen-bond donors (Lipinski definition) is 0.